The third-order valence-electron chi connectivity index (χ3n) is 2.61. The Morgan fingerprint density at radius 3 is 1.62 bits per heavy atom. The average Bonchev–Trinajstić information content (AvgIpc) is 2.90. The highest BCUT2D eigenvalue weighted by Gasteiger charge is 2.55. The molecule has 3 saturated heterocycles. The van der Waals surface area contributed by atoms with Crippen molar-refractivity contribution in [1.82, 2.24) is 0 Å². The van der Waals surface area contributed by atoms with Crippen molar-refractivity contribution in [3.05, 3.63) is 0 Å². The summed E-state index contributed by atoms with van der Waals surface area (Å²) in [5.41, 5.74) is 0. The van der Waals surface area contributed by atoms with Gasteiger partial charge in [-0.1, -0.05) is 0 Å². The van der Waals surface area contributed by atoms with E-state index in [1.807, 2.05) is 13.8 Å². The van der Waals surface area contributed by atoms with Crippen LogP contribution in [0.4, 0.5) is 0 Å². The maximum atomic E-state index is 5.76. The highest BCUT2D eigenvalue weighted by atomic mass is 16.8. The third-order valence-corrected chi connectivity index (χ3v) is 2.61. The first-order valence-corrected chi connectivity index (χ1v) is 4.74. The minimum absolute atomic E-state index is 0.0718. The molecule has 3 fully saturated rings. The molecule has 0 spiro atoms. The van der Waals surface area contributed by atoms with Crippen LogP contribution >= 0.6 is 0 Å². The van der Waals surface area contributed by atoms with Gasteiger partial charge < -0.3 is 18.9 Å². The van der Waals surface area contributed by atoms with E-state index in [1.54, 1.807) is 0 Å². The molecule has 0 aromatic rings. The molecular formula is C9H14O4. The second kappa shape index (κ2) is 2.45. The van der Waals surface area contributed by atoms with E-state index in [0.29, 0.717) is 0 Å². The van der Waals surface area contributed by atoms with E-state index in [4.69, 9.17) is 18.9 Å². The molecule has 13 heavy (non-hydrogen) atoms. The van der Waals surface area contributed by atoms with Crippen LogP contribution in [0, 0.1) is 0 Å². The van der Waals surface area contributed by atoms with E-state index in [9.17, 15) is 0 Å². The molecule has 3 rings (SSSR count). The monoisotopic (exact) mass is 186 g/mol. The minimum atomic E-state index is -0.479. The van der Waals surface area contributed by atoms with Gasteiger partial charge in [0.1, 0.15) is 24.4 Å². The molecule has 3 aliphatic heterocycles. The van der Waals surface area contributed by atoms with E-state index in [1.165, 1.54) is 0 Å². The SMILES string of the molecule is CC1(C)O[C@@H]([C@@H]2CO2)[C@H]([C@@H]2CO2)O1. The number of rotatable bonds is 2. The molecular weight excluding hydrogens is 172 g/mol. The first kappa shape index (κ1) is 8.17. The molecule has 4 nitrogen and oxygen atoms in total. The normalized spacial score (nSPS) is 52.2. The van der Waals surface area contributed by atoms with Crippen molar-refractivity contribution in [3.8, 4) is 0 Å². The first-order chi connectivity index (χ1) is 6.16. The number of hydrogen-bond acceptors (Lipinski definition) is 4. The summed E-state index contributed by atoms with van der Waals surface area (Å²) >= 11 is 0. The molecule has 0 bridgehead atoms. The Labute approximate surface area is 77.1 Å². The van der Waals surface area contributed by atoms with Gasteiger partial charge in [-0.25, -0.2) is 0 Å². The number of ether oxygens (including phenoxy) is 4. The topological polar surface area (TPSA) is 43.5 Å². The fourth-order valence-electron chi connectivity index (χ4n) is 1.88. The zero-order valence-electron chi connectivity index (χ0n) is 7.86. The van der Waals surface area contributed by atoms with Crippen LogP contribution in [-0.2, 0) is 18.9 Å². The van der Waals surface area contributed by atoms with Crippen molar-refractivity contribution in [2.24, 2.45) is 0 Å². The van der Waals surface area contributed by atoms with Gasteiger partial charge in [0.25, 0.3) is 0 Å². The summed E-state index contributed by atoms with van der Waals surface area (Å²) < 4.78 is 22.0. The Morgan fingerprint density at radius 1 is 0.923 bits per heavy atom. The molecule has 4 heteroatoms. The van der Waals surface area contributed by atoms with Gasteiger partial charge in [-0.05, 0) is 13.8 Å². The Bertz CT molecular complexity index is 198. The number of hydrogen-bond donors (Lipinski definition) is 0. The summed E-state index contributed by atoms with van der Waals surface area (Å²) in [5.74, 6) is -0.479. The summed E-state index contributed by atoms with van der Waals surface area (Å²) in [6.07, 6.45) is 0.608. The second-order valence-corrected chi connectivity index (χ2v) is 4.31. The van der Waals surface area contributed by atoms with Gasteiger partial charge in [0.2, 0.25) is 0 Å². The Hall–Kier alpha value is -0.160. The van der Waals surface area contributed by atoms with E-state index in [-0.39, 0.29) is 24.4 Å². The zero-order valence-corrected chi connectivity index (χ0v) is 7.86. The predicted molar refractivity (Wildman–Crippen MR) is 43.3 cm³/mol. The van der Waals surface area contributed by atoms with Crippen LogP contribution in [0.2, 0.25) is 0 Å². The summed E-state index contributed by atoms with van der Waals surface area (Å²) in [7, 11) is 0. The third kappa shape index (κ3) is 1.48. The lowest BCUT2D eigenvalue weighted by Gasteiger charge is -2.16. The standard InChI is InChI=1S/C9H14O4/c1-9(2)12-7(5-3-10-5)8(13-9)6-4-11-6/h5-8H,3-4H2,1-2H3/t5-,6-,7-,8-/m0/s1. The first-order valence-electron chi connectivity index (χ1n) is 4.74. The summed E-state index contributed by atoms with van der Waals surface area (Å²) in [4.78, 5) is 0. The van der Waals surface area contributed by atoms with Gasteiger partial charge in [0.05, 0.1) is 13.2 Å². The van der Waals surface area contributed by atoms with Gasteiger partial charge in [-0.15, -0.1) is 0 Å². The molecule has 4 atom stereocenters. The predicted octanol–water partition coefficient (Wildman–Crippen LogP) is 0.304. The lowest BCUT2D eigenvalue weighted by Crippen LogP contribution is -2.32. The summed E-state index contributed by atoms with van der Waals surface area (Å²) in [5, 5.41) is 0. The van der Waals surface area contributed by atoms with Crippen LogP contribution < -0.4 is 0 Å². The lowest BCUT2D eigenvalue weighted by atomic mass is 10.1. The fourth-order valence-corrected chi connectivity index (χ4v) is 1.88. The summed E-state index contributed by atoms with van der Waals surface area (Å²) in [6, 6.07) is 0. The van der Waals surface area contributed by atoms with Crippen LogP contribution in [0.25, 0.3) is 0 Å². The Balaban J connectivity index is 1.75. The molecule has 0 radical (unpaired) electrons. The van der Waals surface area contributed by atoms with Crippen LogP contribution in [0.1, 0.15) is 13.8 Å². The average molecular weight is 186 g/mol. The van der Waals surface area contributed by atoms with Gasteiger partial charge >= 0.3 is 0 Å². The zero-order chi connectivity index (χ0) is 9.05. The molecule has 3 heterocycles. The van der Waals surface area contributed by atoms with Crippen LogP contribution in [-0.4, -0.2) is 43.4 Å². The molecule has 74 valence electrons. The van der Waals surface area contributed by atoms with E-state index < -0.39 is 5.79 Å². The highest BCUT2D eigenvalue weighted by molar-refractivity contribution is 4.98. The van der Waals surface area contributed by atoms with Crippen LogP contribution in [0.3, 0.4) is 0 Å². The molecule has 0 aromatic carbocycles. The molecule has 0 saturated carbocycles. The van der Waals surface area contributed by atoms with Gasteiger partial charge in [-0.3, -0.25) is 0 Å². The molecule has 0 aromatic heterocycles. The van der Waals surface area contributed by atoms with Gasteiger partial charge in [0, 0.05) is 0 Å². The smallest absolute Gasteiger partial charge is 0.164 e. The van der Waals surface area contributed by atoms with E-state index in [2.05, 4.69) is 0 Å². The minimum Gasteiger partial charge on any atom is -0.370 e. The van der Waals surface area contributed by atoms with Crippen molar-refractivity contribution < 1.29 is 18.9 Å². The lowest BCUT2D eigenvalue weighted by molar-refractivity contribution is -0.149. The molecule has 0 aliphatic carbocycles. The van der Waals surface area contributed by atoms with Crippen LogP contribution in [0.5, 0.6) is 0 Å². The number of epoxide rings is 2. The summed E-state index contributed by atoms with van der Waals surface area (Å²) in [6.45, 7) is 5.47. The van der Waals surface area contributed by atoms with Crippen molar-refractivity contribution in [1.29, 1.82) is 0 Å². The fraction of sp³-hybridized carbons (Fsp3) is 1.00. The van der Waals surface area contributed by atoms with E-state index in [0.717, 1.165) is 13.2 Å². The van der Waals surface area contributed by atoms with Crippen molar-refractivity contribution in [3.63, 3.8) is 0 Å². The largest absolute Gasteiger partial charge is 0.370 e. The second-order valence-electron chi connectivity index (χ2n) is 4.31. The highest BCUT2D eigenvalue weighted by Crippen LogP contribution is 2.39. The maximum Gasteiger partial charge on any atom is 0.164 e. The van der Waals surface area contributed by atoms with Gasteiger partial charge in [-0.2, -0.15) is 0 Å². The van der Waals surface area contributed by atoms with Crippen molar-refractivity contribution in [2.75, 3.05) is 13.2 Å². The Morgan fingerprint density at radius 2 is 1.31 bits per heavy atom. The van der Waals surface area contributed by atoms with Crippen molar-refractivity contribution >= 4 is 0 Å². The van der Waals surface area contributed by atoms with Crippen LogP contribution in [0.15, 0.2) is 0 Å². The van der Waals surface area contributed by atoms with Crippen molar-refractivity contribution in [2.45, 2.75) is 44.1 Å². The van der Waals surface area contributed by atoms with Gasteiger partial charge in [0.15, 0.2) is 5.79 Å². The molecule has 0 unspecified atom stereocenters. The quantitative estimate of drug-likeness (QED) is 0.582. The molecule has 3 aliphatic rings. The Kier molecular flexibility index (Phi) is 1.54. The molecule has 0 amide bonds. The van der Waals surface area contributed by atoms with E-state index >= 15 is 0 Å². The maximum absolute atomic E-state index is 5.76. The molecule has 0 N–H and O–H groups in total.